The van der Waals surface area contributed by atoms with E-state index in [1.54, 1.807) is 31.0 Å². The number of hydrogen-bond donors (Lipinski definition) is 3. The number of carbonyl (C=O) groups is 2. The highest BCUT2D eigenvalue weighted by Crippen LogP contribution is 2.47. The Hall–Kier alpha value is -3.62. The summed E-state index contributed by atoms with van der Waals surface area (Å²) < 4.78 is 15.4. The first kappa shape index (κ1) is 28.9. The lowest BCUT2D eigenvalue weighted by Gasteiger charge is -2.49. The molecule has 4 N–H and O–H groups in total. The molecule has 7 nitrogen and oxygen atoms in total. The van der Waals surface area contributed by atoms with Crippen LogP contribution in [0.25, 0.3) is 22.3 Å². The second-order valence-corrected chi connectivity index (χ2v) is 12.2. The summed E-state index contributed by atoms with van der Waals surface area (Å²) in [7, 11) is 1.84. The SMILES string of the molecule is CC(=O)N(C)[C@H]1CC[C@H](CC(=O)Nc2cc(-c3ccccc3)c(-c3ccc([C@]4(N)C[C@](C)(O)C4)c(F)c3)cn2)CC1. The molecule has 1 aromatic heterocycles. The van der Waals surface area contributed by atoms with Gasteiger partial charge in [0.25, 0.3) is 0 Å². The summed E-state index contributed by atoms with van der Waals surface area (Å²) in [6.45, 7) is 3.30. The van der Waals surface area contributed by atoms with Crippen molar-refractivity contribution in [3.8, 4) is 22.3 Å². The minimum absolute atomic E-state index is 0.0736. The summed E-state index contributed by atoms with van der Waals surface area (Å²) in [5, 5.41) is 13.1. The third-order valence-corrected chi connectivity index (χ3v) is 8.80. The lowest BCUT2D eigenvalue weighted by molar-refractivity contribution is -0.130. The Morgan fingerprint density at radius 1 is 1.05 bits per heavy atom. The molecule has 1 heterocycles. The lowest BCUT2D eigenvalue weighted by Crippen LogP contribution is -2.58. The predicted molar refractivity (Wildman–Crippen MR) is 158 cm³/mol. The summed E-state index contributed by atoms with van der Waals surface area (Å²) >= 11 is 0. The summed E-state index contributed by atoms with van der Waals surface area (Å²) in [5.41, 5.74) is 8.17. The Labute approximate surface area is 241 Å². The minimum Gasteiger partial charge on any atom is -0.390 e. The van der Waals surface area contributed by atoms with Crippen LogP contribution in [-0.4, -0.2) is 45.5 Å². The molecule has 0 bridgehead atoms. The van der Waals surface area contributed by atoms with Gasteiger partial charge in [-0.3, -0.25) is 9.59 Å². The monoisotopic (exact) mass is 558 g/mol. The van der Waals surface area contributed by atoms with Gasteiger partial charge in [0.15, 0.2) is 0 Å². The molecule has 2 aliphatic rings. The van der Waals surface area contributed by atoms with Gasteiger partial charge >= 0.3 is 0 Å². The Balaban J connectivity index is 1.33. The predicted octanol–water partition coefficient (Wildman–Crippen LogP) is 5.62. The van der Waals surface area contributed by atoms with Crippen molar-refractivity contribution in [3.63, 3.8) is 0 Å². The molecule has 2 amide bonds. The first-order chi connectivity index (χ1) is 19.4. The fraction of sp³-hybridized carbons (Fsp3) is 0.424. The normalized spacial score (nSPS) is 25.7. The van der Waals surface area contributed by atoms with E-state index < -0.39 is 17.0 Å². The average Bonchev–Trinajstić information content (AvgIpc) is 2.92. The van der Waals surface area contributed by atoms with Gasteiger partial charge in [0.2, 0.25) is 11.8 Å². The maximum Gasteiger partial charge on any atom is 0.225 e. The molecule has 2 fully saturated rings. The first-order valence-corrected chi connectivity index (χ1v) is 14.3. The highest BCUT2D eigenvalue weighted by Gasteiger charge is 2.50. The van der Waals surface area contributed by atoms with Crippen molar-refractivity contribution < 1.29 is 19.1 Å². The van der Waals surface area contributed by atoms with Crippen LogP contribution in [0.1, 0.15) is 64.4 Å². The minimum atomic E-state index is -0.886. The number of nitrogens with one attached hydrogen (secondary N) is 1. The summed E-state index contributed by atoms with van der Waals surface area (Å²) in [6, 6.07) is 16.8. The fourth-order valence-corrected chi connectivity index (χ4v) is 6.64. The van der Waals surface area contributed by atoms with E-state index in [9.17, 15) is 14.7 Å². The molecule has 0 saturated heterocycles. The highest BCUT2D eigenvalue weighted by molar-refractivity contribution is 5.92. The van der Waals surface area contributed by atoms with E-state index >= 15 is 4.39 Å². The molecule has 0 unspecified atom stereocenters. The van der Waals surface area contributed by atoms with Gasteiger partial charge in [0.05, 0.1) is 5.60 Å². The van der Waals surface area contributed by atoms with Crippen LogP contribution < -0.4 is 11.1 Å². The largest absolute Gasteiger partial charge is 0.390 e. The van der Waals surface area contributed by atoms with Crippen molar-refractivity contribution in [2.75, 3.05) is 12.4 Å². The van der Waals surface area contributed by atoms with Crippen molar-refractivity contribution in [2.45, 2.75) is 76.0 Å². The van der Waals surface area contributed by atoms with Crippen LogP contribution >= 0.6 is 0 Å². The second-order valence-electron chi connectivity index (χ2n) is 12.2. The number of aromatic nitrogens is 1. The van der Waals surface area contributed by atoms with Gasteiger partial charge in [-0.25, -0.2) is 9.37 Å². The molecule has 0 atom stereocenters. The van der Waals surface area contributed by atoms with Crippen molar-refractivity contribution >= 4 is 17.6 Å². The third kappa shape index (κ3) is 6.34. The van der Waals surface area contributed by atoms with Crippen LogP contribution in [0.4, 0.5) is 10.2 Å². The quantitative estimate of drug-likeness (QED) is 0.349. The van der Waals surface area contributed by atoms with E-state index in [1.165, 1.54) is 6.07 Å². The number of anilines is 1. The maximum atomic E-state index is 15.4. The molecule has 5 rings (SSSR count). The van der Waals surface area contributed by atoms with Crippen molar-refractivity contribution in [1.29, 1.82) is 0 Å². The highest BCUT2D eigenvalue weighted by atomic mass is 19.1. The standard InChI is InChI=1S/C33H39FN4O3/c1-21(39)38(3)25-12-9-22(10-13-25)15-31(40)37-30-17-26(23-7-5-4-6-8-23)27(18-36-30)24-11-14-28(29(34)16-24)33(35)19-32(2,41)20-33/h4-8,11,14,16-18,22,25,41H,9-10,12-13,15,19-20,35H2,1-3H3,(H,36,37,40)/t22-,25-,32-,33-. The van der Waals surface area contributed by atoms with Crippen LogP contribution in [0.15, 0.2) is 60.8 Å². The molecule has 216 valence electrons. The smallest absolute Gasteiger partial charge is 0.225 e. The number of carbonyl (C=O) groups excluding carboxylic acids is 2. The van der Waals surface area contributed by atoms with E-state index in [0.29, 0.717) is 36.2 Å². The average molecular weight is 559 g/mol. The van der Waals surface area contributed by atoms with Gasteiger partial charge in [-0.1, -0.05) is 42.5 Å². The molecular weight excluding hydrogens is 519 g/mol. The number of hydrogen-bond acceptors (Lipinski definition) is 5. The van der Waals surface area contributed by atoms with Crippen LogP contribution in [0, 0.1) is 11.7 Å². The number of benzene rings is 2. The third-order valence-electron chi connectivity index (χ3n) is 8.80. The number of nitrogens with two attached hydrogens (primary N) is 1. The van der Waals surface area contributed by atoms with Crippen molar-refractivity contribution in [3.05, 3.63) is 72.2 Å². The first-order valence-electron chi connectivity index (χ1n) is 14.3. The molecule has 41 heavy (non-hydrogen) atoms. The molecule has 3 aromatic rings. The molecule has 2 saturated carbocycles. The van der Waals surface area contributed by atoms with Crippen molar-refractivity contribution in [2.24, 2.45) is 11.7 Å². The summed E-state index contributed by atoms with van der Waals surface area (Å²) in [5.74, 6) is 0.279. The maximum absolute atomic E-state index is 15.4. The summed E-state index contributed by atoms with van der Waals surface area (Å²) in [6.07, 6.45) is 6.29. The molecule has 8 heteroatoms. The fourth-order valence-electron chi connectivity index (χ4n) is 6.64. The molecular formula is C33H39FN4O3. The molecule has 2 aromatic carbocycles. The summed E-state index contributed by atoms with van der Waals surface area (Å²) in [4.78, 5) is 31.0. The molecule has 0 spiro atoms. The van der Waals surface area contributed by atoms with Crippen LogP contribution in [0.3, 0.4) is 0 Å². The number of pyridine rings is 1. The van der Waals surface area contributed by atoms with Crippen LogP contribution in [0.2, 0.25) is 0 Å². The van der Waals surface area contributed by atoms with E-state index in [0.717, 1.165) is 42.4 Å². The number of rotatable bonds is 7. The zero-order valence-electron chi connectivity index (χ0n) is 24.0. The zero-order valence-corrected chi connectivity index (χ0v) is 24.0. The number of halogens is 1. The van der Waals surface area contributed by atoms with E-state index in [4.69, 9.17) is 5.73 Å². The Morgan fingerprint density at radius 3 is 2.34 bits per heavy atom. The van der Waals surface area contributed by atoms with Gasteiger partial charge < -0.3 is 21.1 Å². The number of aliphatic hydroxyl groups is 1. The Bertz CT molecular complexity index is 1430. The zero-order chi connectivity index (χ0) is 29.4. The Kier molecular flexibility index (Phi) is 7.99. The van der Waals surface area contributed by atoms with Gasteiger partial charge in [-0.2, -0.15) is 0 Å². The van der Waals surface area contributed by atoms with Gasteiger partial charge in [0, 0.05) is 49.3 Å². The molecule has 0 radical (unpaired) electrons. The second kappa shape index (κ2) is 11.3. The van der Waals surface area contributed by atoms with E-state index in [-0.39, 0.29) is 23.8 Å². The van der Waals surface area contributed by atoms with Gasteiger partial charge in [0.1, 0.15) is 11.6 Å². The van der Waals surface area contributed by atoms with Gasteiger partial charge in [-0.15, -0.1) is 0 Å². The van der Waals surface area contributed by atoms with Crippen LogP contribution in [0.5, 0.6) is 0 Å². The van der Waals surface area contributed by atoms with Crippen molar-refractivity contribution in [1.82, 2.24) is 9.88 Å². The number of nitrogens with zero attached hydrogens (tertiary/aromatic N) is 2. The number of amides is 2. The van der Waals surface area contributed by atoms with Gasteiger partial charge in [-0.05, 0) is 80.2 Å². The Morgan fingerprint density at radius 2 is 1.73 bits per heavy atom. The molecule has 2 aliphatic carbocycles. The topological polar surface area (TPSA) is 109 Å². The van der Waals surface area contributed by atoms with E-state index in [2.05, 4.69) is 10.3 Å². The van der Waals surface area contributed by atoms with Crippen LogP contribution in [-0.2, 0) is 15.1 Å². The molecule has 0 aliphatic heterocycles. The van der Waals surface area contributed by atoms with E-state index in [1.807, 2.05) is 49.5 Å². The lowest BCUT2D eigenvalue weighted by atomic mass is 9.63.